The Labute approximate surface area is 128 Å². The first-order valence-corrected chi connectivity index (χ1v) is 7.46. The summed E-state index contributed by atoms with van der Waals surface area (Å²) in [6.07, 6.45) is -1.60. The lowest BCUT2D eigenvalue weighted by atomic mass is 9.91. The Morgan fingerprint density at radius 3 is 2.86 bits per heavy atom. The quantitative estimate of drug-likeness (QED) is 0.890. The largest absolute Gasteiger partial charge is 0.450 e. The Bertz CT molecular complexity index is 547. The molecule has 0 spiro atoms. The van der Waals surface area contributed by atoms with Crippen LogP contribution in [-0.4, -0.2) is 42.8 Å². The predicted octanol–water partition coefficient (Wildman–Crippen LogP) is 1.43. The molecule has 1 aromatic carbocycles. The van der Waals surface area contributed by atoms with Crippen LogP contribution in [0.1, 0.15) is 18.9 Å². The Morgan fingerprint density at radius 1 is 1.36 bits per heavy atom. The van der Waals surface area contributed by atoms with Crippen molar-refractivity contribution in [2.75, 3.05) is 6.61 Å². The molecule has 0 unspecified atom stereocenters. The van der Waals surface area contributed by atoms with Gasteiger partial charge in [-0.05, 0) is 12.5 Å². The van der Waals surface area contributed by atoms with E-state index in [9.17, 15) is 9.59 Å². The summed E-state index contributed by atoms with van der Waals surface area (Å²) < 4.78 is 16.4. The molecule has 0 radical (unpaired) electrons. The highest BCUT2D eigenvalue weighted by Crippen LogP contribution is 2.34. The van der Waals surface area contributed by atoms with E-state index in [2.05, 4.69) is 5.32 Å². The molecule has 3 rings (SSSR count). The van der Waals surface area contributed by atoms with Gasteiger partial charge in [-0.25, -0.2) is 4.79 Å². The summed E-state index contributed by atoms with van der Waals surface area (Å²) in [4.78, 5) is 23.5. The highest BCUT2D eigenvalue weighted by atomic mass is 16.6. The molecule has 1 aromatic rings. The molecule has 1 N–H and O–H groups in total. The highest BCUT2D eigenvalue weighted by Gasteiger charge is 2.55. The van der Waals surface area contributed by atoms with E-state index in [0.29, 0.717) is 19.6 Å². The number of hydrogen-bond acceptors (Lipinski definition) is 5. The smallest absolute Gasteiger partial charge is 0.407 e. The molecule has 1 amide bonds. The summed E-state index contributed by atoms with van der Waals surface area (Å²) in [6, 6.07) is 9.32. The minimum atomic E-state index is -0.597. The van der Waals surface area contributed by atoms with E-state index < -0.39 is 18.3 Å². The van der Waals surface area contributed by atoms with Gasteiger partial charge in [0.2, 0.25) is 0 Å². The van der Waals surface area contributed by atoms with Gasteiger partial charge in [0.15, 0.2) is 5.78 Å². The maximum Gasteiger partial charge on any atom is 0.407 e. The molecular formula is C16H19NO5. The molecule has 2 aliphatic heterocycles. The Morgan fingerprint density at radius 2 is 2.14 bits per heavy atom. The molecule has 6 heteroatoms. The summed E-state index contributed by atoms with van der Waals surface area (Å²) in [6.45, 7) is 2.40. The minimum absolute atomic E-state index is 0.0324. The van der Waals surface area contributed by atoms with Crippen LogP contribution in [0.5, 0.6) is 0 Å². The van der Waals surface area contributed by atoms with E-state index in [1.54, 1.807) is 6.92 Å². The van der Waals surface area contributed by atoms with Gasteiger partial charge in [-0.2, -0.15) is 0 Å². The van der Waals surface area contributed by atoms with Gasteiger partial charge in [0.05, 0.1) is 25.4 Å². The predicted molar refractivity (Wildman–Crippen MR) is 77.2 cm³/mol. The number of Topliss-reactive ketones (excluding diaryl/α,β-unsaturated/α-hetero) is 1. The minimum Gasteiger partial charge on any atom is -0.450 e. The third-order valence-corrected chi connectivity index (χ3v) is 3.94. The first-order chi connectivity index (χ1) is 10.7. The Hall–Kier alpha value is -1.92. The van der Waals surface area contributed by atoms with Gasteiger partial charge in [0.25, 0.3) is 0 Å². The zero-order valence-electron chi connectivity index (χ0n) is 12.4. The molecule has 2 bridgehead atoms. The molecule has 4 atom stereocenters. The van der Waals surface area contributed by atoms with Crippen LogP contribution in [0.15, 0.2) is 30.3 Å². The Kier molecular flexibility index (Phi) is 4.40. The van der Waals surface area contributed by atoms with Crippen molar-refractivity contribution >= 4 is 11.9 Å². The fraction of sp³-hybridized carbons (Fsp3) is 0.500. The maximum absolute atomic E-state index is 11.9. The van der Waals surface area contributed by atoms with Crippen molar-refractivity contribution in [1.29, 1.82) is 0 Å². The van der Waals surface area contributed by atoms with Crippen LogP contribution in [-0.2, 0) is 25.6 Å². The van der Waals surface area contributed by atoms with Crippen molar-refractivity contribution in [1.82, 2.24) is 5.32 Å². The number of rotatable bonds is 5. The molecule has 0 aromatic heterocycles. The highest BCUT2D eigenvalue weighted by molar-refractivity contribution is 5.88. The number of carbonyl (C=O) groups excluding carboxylic acids is 2. The summed E-state index contributed by atoms with van der Waals surface area (Å²) in [5, 5.41) is 2.75. The average Bonchev–Trinajstić information content (AvgIpc) is 3.04. The number of nitrogens with one attached hydrogen (secondary N) is 1. The van der Waals surface area contributed by atoms with E-state index in [4.69, 9.17) is 14.2 Å². The molecule has 118 valence electrons. The normalized spacial score (nSPS) is 29.6. The molecule has 22 heavy (non-hydrogen) atoms. The lowest BCUT2D eigenvalue weighted by Crippen LogP contribution is -2.53. The van der Waals surface area contributed by atoms with E-state index in [-0.39, 0.29) is 17.9 Å². The molecule has 2 saturated heterocycles. The first kappa shape index (κ1) is 15.0. The molecular weight excluding hydrogens is 286 g/mol. The molecule has 2 heterocycles. The van der Waals surface area contributed by atoms with Crippen LogP contribution in [0.3, 0.4) is 0 Å². The van der Waals surface area contributed by atoms with Crippen LogP contribution >= 0.6 is 0 Å². The van der Waals surface area contributed by atoms with Gasteiger partial charge in [-0.15, -0.1) is 0 Å². The molecule has 2 fully saturated rings. The van der Waals surface area contributed by atoms with Crippen molar-refractivity contribution in [3.05, 3.63) is 35.9 Å². The fourth-order valence-corrected chi connectivity index (χ4v) is 2.94. The van der Waals surface area contributed by atoms with Crippen molar-refractivity contribution < 1.29 is 23.8 Å². The van der Waals surface area contributed by atoms with E-state index in [1.807, 2.05) is 30.3 Å². The maximum atomic E-state index is 11.9. The lowest BCUT2D eigenvalue weighted by Gasteiger charge is -2.27. The Balaban J connectivity index is 1.65. The van der Waals surface area contributed by atoms with Gasteiger partial charge < -0.3 is 19.5 Å². The summed E-state index contributed by atoms with van der Waals surface area (Å²) in [5.41, 5.74) is 1.01. The van der Waals surface area contributed by atoms with Crippen LogP contribution in [0.25, 0.3) is 0 Å². The van der Waals surface area contributed by atoms with E-state index in [1.165, 1.54) is 0 Å². The van der Waals surface area contributed by atoms with Crippen molar-refractivity contribution in [3.8, 4) is 0 Å². The number of ether oxygens (including phenoxy) is 3. The van der Waals surface area contributed by atoms with Crippen molar-refractivity contribution in [2.45, 2.75) is 44.3 Å². The lowest BCUT2D eigenvalue weighted by molar-refractivity contribution is -0.128. The van der Waals surface area contributed by atoms with E-state index in [0.717, 1.165) is 5.56 Å². The number of hydrogen-bond donors (Lipinski definition) is 1. The zero-order valence-corrected chi connectivity index (χ0v) is 12.4. The second-order valence-corrected chi connectivity index (χ2v) is 5.42. The summed E-state index contributed by atoms with van der Waals surface area (Å²) in [7, 11) is 0. The van der Waals surface area contributed by atoms with Gasteiger partial charge in [0, 0.05) is 6.42 Å². The van der Waals surface area contributed by atoms with Crippen LogP contribution < -0.4 is 5.32 Å². The molecule has 0 saturated carbocycles. The SMILES string of the molecule is CCOC(=O)N[C@@H]1[C@@H](OCc2ccccc2)[C@H]2O[C@@H]1CC2=O. The zero-order chi connectivity index (χ0) is 15.5. The molecule has 6 nitrogen and oxygen atoms in total. The van der Waals surface area contributed by atoms with Crippen molar-refractivity contribution in [3.63, 3.8) is 0 Å². The van der Waals surface area contributed by atoms with Gasteiger partial charge in [-0.1, -0.05) is 30.3 Å². The van der Waals surface area contributed by atoms with Crippen LogP contribution in [0, 0.1) is 0 Å². The average molecular weight is 305 g/mol. The topological polar surface area (TPSA) is 73.9 Å². The number of ketones is 1. The van der Waals surface area contributed by atoms with Crippen molar-refractivity contribution in [2.24, 2.45) is 0 Å². The van der Waals surface area contributed by atoms with Gasteiger partial charge in [-0.3, -0.25) is 4.79 Å². The number of amides is 1. The number of alkyl carbamates (subject to hydrolysis) is 1. The fourth-order valence-electron chi connectivity index (χ4n) is 2.94. The van der Waals surface area contributed by atoms with E-state index >= 15 is 0 Å². The van der Waals surface area contributed by atoms with Gasteiger partial charge in [0.1, 0.15) is 12.2 Å². The summed E-state index contributed by atoms with van der Waals surface area (Å²) >= 11 is 0. The number of fused-ring (bicyclic) bond motifs is 2. The second-order valence-electron chi connectivity index (χ2n) is 5.42. The standard InChI is InChI=1S/C16H19NO5/c1-2-20-16(19)17-13-12-8-11(18)14(22-12)15(13)21-9-10-6-4-3-5-7-10/h3-7,12-15H,2,8-9H2,1H3,(H,17,19)/t12-,13+,14+,15-/m1/s1. The van der Waals surface area contributed by atoms with Crippen LogP contribution in [0.2, 0.25) is 0 Å². The summed E-state index contributed by atoms with van der Waals surface area (Å²) in [5.74, 6) is 0.0324. The number of benzene rings is 1. The first-order valence-electron chi connectivity index (χ1n) is 7.46. The van der Waals surface area contributed by atoms with Crippen LogP contribution in [0.4, 0.5) is 4.79 Å². The third kappa shape index (κ3) is 2.98. The third-order valence-electron chi connectivity index (χ3n) is 3.94. The monoisotopic (exact) mass is 305 g/mol. The molecule has 0 aliphatic carbocycles. The number of carbonyl (C=O) groups is 2. The second kappa shape index (κ2) is 6.46. The van der Waals surface area contributed by atoms with Gasteiger partial charge >= 0.3 is 6.09 Å². The molecule has 2 aliphatic rings.